The second-order valence-electron chi connectivity index (χ2n) is 6.95. The van der Waals surface area contributed by atoms with E-state index in [0.29, 0.717) is 12.6 Å². The van der Waals surface area contributed by atoms with E-state index in [0.717, 1.165) is 36.9 Å². The van der Waals surface area contributed by atoms with Crippen LogP contribution in [0.3, 0.4) is 0 Å². The molecule has 0 radical (unpaired) electrons. The van der Waals surface area contributed by atoms with Gasteiger partial charge in [0.2, 0.25) is 5.91 Å². The van der Waals surface area contributed by atoms with Gasteiger partial charge in [0.1, 0.15) is 5.82 Å². The Morgan fingerprint density at radius 2 is 2.25 bits per heavy atom. The molecule has 2 fully saturated rings. The number of anilines is 1. The van der Waals surface area contributed by atoms with Crippen LogP contribution in [-0.2, 0) is 4.79 Å². The maximum atomic E-state index is 12.7. The highest BCUT2D eigenvalue weighted by Gasteiger charge is 2.30. The molecule has 24 heavy (non-hydrogen) atoms. The molecule has 1 aromatic heterocycles. The van der Waals surface area contributed by atoms with E-state index >= 15 is 0 Å². The maximum Gasteiger partial charge on any atom is 0.237 e. The lowest BCUT2D eigenvalue weighted by Crippen LogP contribution is -2.56. The minimum atomic E-state index is 0.222. The highest BCUT2D eigenvalue weighted by Crippen LogP contribution is 2.22. The van der Waals surface area contributed by atoms with Crippen LogP contribution in [0.2, 0.25) is 0 Å². The number of likely N-dealkylation sites (N-methyl/N-ethyl adjacent to an activating group) is 1. The number of aryl methyl sites for hydroxylation is 1. The number of hydrogen-bond acceptors (Lipinski definition) is 5. The van der Waals surface area contributed by atoms with Gasteiger partial charge in [-0.05, 0) is 45.2 Å². The first-order valence-electron chi connectivity index (χ1n) is 8.80. The molecule has 5 nitrogen and oxygen atoms in total. The lowest BCUT2D eigenvalue weighted by molar-refractivity contribution is -0.134. The first-order chi connectivity index (χ1) is 11.5. The minimum absolute atomic E-state index is 0.222. The summed E-state index contributed by atoms with van der Waals surface area (Å²) < 4.78 is 0. The zero-order valence-corrected chi connectivity index (χ0v) is 15.8. The summed E-state index contributed by atoms with van der Waals surface area (Å²) >= 11 is 1.99. The van der Waals surface area contributed by atoms with Crippen molar-refractivity contribution in [1.82, 2.24) is 14.8 Å². The number of pyridine rings is 1. The lowest BCUT2D eigenvalue weighted by Gasteiger charge is -2.41. The van der Waals surface area contributed by atoms with Gasteiger partial charge in [-0.3, -0.25) is 9.69 Å². The number of aromatic nitrogens is 1. The Morgan fingerprint density at radius 1 is 1.42 bits per heavy atom. The molecule has 2 aliphatic rings. The zero-order chi connectivity index (χ0) is 17.1. The molecule has 2 atom stereocenters. The van der Waals surface area contributed by atoms with Gasteiger partial charge >= 0.3 is 0 Å². The van der Waals surface area contributed by atoms with Gasteiger partial charge < -0.3 is 9.80 Å². The normalized spacial score (nSPS) is 24.7. The van der Waals surface area contributed by atoms with Gasteiger partial charge in [-0.2, -0.15) is 11.8 Å². The first kappa shape index (κ1) is 17.5. The van der Waals surface area contributed by atoms with E-state index in [4.69, 9.17) is 0 Å². The fraction of sp³-hybridized carbons (Fsp3) is 0.667. The number of carbonyl (C=O) groups excluding carboxylic acids is 1. The molecular formula is C18H28N4OS. The fourth-order valence-electron chi connectivity index (χ4n) is 3.54. The van der Waals surface area contributed by atoms with Crippen LogP contribution in [0.25, 0.3) is 0 Å². The number of carbonyl (C=O) groups is 1. The van der Waals surface area contributed by atoms with E-state index in [2.05, 4.69) is 40.9 Å². The van der Waals surface area contributed by atoms with Crippen molar-refractivity contribution < 1.29 is 4.79 Å². The Morgan fingerprint density at radius 3 is 2.92 bits per heavy atom. The molecule has 0 bridgehead atoms. The van der Waals surface area contributed by atoms with E-state index < -0.39 is 0 Å². The van der Waals surface area contributed by atoms with Crippen molar-refractivity contribution in [2.75, 3.05) is 49.6 Å². The Balaban J connectivity index is 1.56. The number of rotatable bonds is 4. The molecule has 2 saturated heterocycles. The summed E-state index contributed by atoms with van der Waals surface area (Å²) in [6.07, 6.45) is 1.21. The third kappa shape index (κ3) is 4.03. The maximum absolute atomic E-state index is 12.7. The van der Waals surface area contributed by atoms with Crippen molar-refractivity contribution in [3.05, 3.63) is 23.9 Å². The topological polar surface area (TPSA) is 39.7 Å². The van der Waals surface area contributed by atoms with Gasteiger partial charge in [0, 0.05) is 43.2 Å². The van der Waals surface area contributed by atoms with Crippen molar-refractivity contribution in [3.8, 4) is 0 Å². The average molecular weight is 349 g/mol. The van der Waals surface area contributed by atoms with Crippen LogP contribution in [0.15, 0.2) is 18.2 Å². The van der Waals surface area contributed by atoms with Gasteiger partial charge in [0.25, 0.3) is 0 Å². The van der Waals surface area contributed by atoms with Gasteiger partial charge in [-0.1, -0.05) is 6.07 Å². The van der Waals surface area contributed by atoms with Crippen molar-refractivity contribution in [2.24, 2.45) is 0 Å². The average Bonchev–Trinajstić information content (AvgIpc) is 3.09. The van der Waals surface area contributed by atoms with Gasteiger partial charge in [-0.25, -0.2) is 4.98 Å². The predicted octanol–water partition coefficient (Wildman–Crippen LogP) is 1.86. The first-order valence-corrected chi connectivity index (χ1v) is 9.96. The third-order valence-electron chi connectivity index (χ3n) is 5.06. The second kappa shape index (κ2) is 7.74. The molecule has 0 aliphatic carbocycles. The van der Waals surface area contributed by atoms with Gasteiger partial charge in [0.15, 0.2) is 0 Å². The summed E-state index contributed by atoms with van der Waals surface area (Å²) in [4.78, 5) is 23.9. The van der Waals surface area contributed by atoms with Crippen LogP contribution in [0.1, 0.15) is 19.0 Å². The SMILES string of the molecule is Cc1cccc(N2CCN(C(=O)CN(C)C3CCSC3)C(C)C2)n1. The number of thioether (sulfide) groups is 1. The zero-order valence-electron chi connectivity index (χ0n) is 14.9. The quantitative estimate of drug-likeness (QED) is 0.831. The van der Waals surface area contributed by atoms with E-state index in [1.165, 1.54) is 12.2 Å². The molecule has 1 amide bonds. The summed E-state index contributed by atoms with van der Waals surface area (Å²) in [6, 6.07) is 6.91. The van der Waals surface area contributed by atoms with E-state index in [1.54, 1.807) is 0 Å². The molecule has 0 saturated carbocycles. The Hall–Kier alpha value is -1.27. The second-order valence-corrected chi connectivity index (χ2v) is 8.10. The molecule has 2 aliphatic heterocycles. The third-order valence-corrected chi connectivity index (χ3v) is 6.20. The Kier molecular flexibility index (Phi) is 5.66. The number of piperazine rings is 1. The van der Waals surface area contributed by atoms with Crippen molar-refractivity contribution >= 4 is 23.5 Å². The smallest absolute Gasteiger partial charge is 0.237 e. The molecule has 6 heteroatoms. The summed E-state index contributed by atoms with van der Waals surface area (Å²) in [5.41, 5.74) is 1.04. The molecule has 2 unspecified atom stereocenters. The van der Waals surface area contributed by atoms with Gasteiger partial charge in [-0.15, -0.1) is 0 Å². The summed E-state index contributed by atoms with van der Waals surface area (Å²) in [7, 11) is 2.09. The van der Waals surface area contributed by atoms with Crippen LogP contribution >= 0.6 is 11.8 Å². The van der Waals surface area contributed by atoms with Crippen molar-refractivity contribution in [1.29, 1.82) is 0 Å². The molecule has 1 aromatic rings. The number of amides is 1. The van der Waals surface area contributed by atoms with E-state index in [9.17, 15) is 4.79 Å². The highest BCUT2D eigenvalue weighted by molar-refractivity contribution is 7.99. The van der Waals surface area contributed by atoms with Crippen molar-refractivity contribution in [2.45, 2.75) is 32.4 Å². The van der Waals surface area contributed by atoms with Crippen LogP contribution in [0, 0.1) is 6.92 Å². The predicted molar refractivity (Wildman–Crippen MR) is 101 cm³/mol. The standard InChI is InChI=1S/C18H28N4OS/c1-14-5-4-6-17(19-14)21-8-9-22(15(2)11-21)18(23)12-20(3)16-7-10-24-13-16/h4-6,15-16H,7-13H2,1-3H3. The lowest BCUT2D eigenvalue weighted by atomic mass is 10.1. The summed E-state index contributed by atoms with van der Waals surface area (Å²) in [6.45, 7) is 7.19. The van der Waals surface area contributed by atoms with Crippen LogP contribution in [0.4, 0.5) is 5.82 Å². The minimum Gasteiger partial charge on any atom is -0.353 e. The molecule has 0 N–H and O–H groups in total. The molecule has 3 rings (SSSR count). The highest BCUT2D eigenvalue weighted by atomic mass is 32.2. The molecule has 3 heterocycles. The van der Waals surface area contributed by atoms with Gasteiger partial charge in [0.05, 0.1) is 6.54 Å². The molecule has 0 spiro atoms. The van der Waals surface area contributed by atoms with Crippen LogP contribution in [-0.4, -0.2) is 77.5 Å². The van der Waals surface area contributed by atoms with Crippen LogP contribution in [0.5, 0.6) is 0 Å². The fourth-order valence-corrected chi connectivity index (χ4v) is 4.84. The molecule has 0 aromatic carbocycles. The summed E-state index contributed by atoms with van der Waals surface area (Å²) in [5, 5.41) is 0. The summed E-state index contributed by atoms with van der Waals surface area (Å²) in [5.74, 6) is 3.67. The van der Waals surface area contributed by atoms with Crippen LogP contribution < -0.4 is 4.90 Å². The Bertz CT molecular complexity index is 576. The number of hydrogen-bond donors (Lipinski definition) is 0. The Labute approximate surface area is 149 Å². The van der Waals surface area contributed by atoms with E-state index in [-0.39, 0.29) is 11.9 Å². The number of nitrogens with zero attached hydrogens (tertiary/aromatic N) is 4. The van der Waals surface area contributed by atoms with E-state index in [1.807, 2.05) is 29.7 Å². The molecular weight excluding hydrogens is 320 g/mol. The molecule has 132 valence electrons. The largest absolute Gasteiger partial charge is 0.353 e. The monoisotopic (exact) mass is 348 g/mol. The van der Waals surface area contributed by atoms with Crippen molar-refractivity contribution in [3.63, 3.8) is 0 Å².